The second kappa shape index (κ2) is 9.80. The Labute approximate surface area is 214 Å². The van der Waals surface area contributed by atoms with Gasteiger partial charge in [-0.2, -0.15) is 18.3 Å². The number of nitrogens with zero attached hydrogens (tertiary/aromatic N) is 2. The number of amides is 1. The summed E-state index contributed by atoms with van der Waals surface area (Å²) in [6, 6.07) is 5.57. The zero-order valence-electron chi connectivity index (χ0n) is 19.2. The van der Waals surface area contributed by atoms with Crippen LogP contribution < -0.4 is 10.9 Å². The third-order valence-corrected chi connectivity index (χ3v) is 6.13. The first-order valence-electron chi connectivity index (χ1n) is 10.8. The molecule has 38 heavy (non-hydrogen) atoms. The Balaban J connectivity index is 1.85. The van der Waals surface area contributed by atoms with Crippen molar-refractivity contribution in [3.63, 3.8) is 0 Å². The molecule has 0 spiro atoms. The lowest BCUT2D eigenvalue weighted by atomic mass is 10.00. The highest BCUT2D eigenvalue weighted by Crippen LogP contribution is 2.36. The van der Waals surface area contributed by atoms with E-state index in [1.54, 1.807) is 18.3 Å². The number of aliphatic hydroxyl groups excluding tert-OH is 1. The summed E-state index contributed by atoms with van der Waals surface area (Å²) < 4.78 is 85.0. The lowest BCUT2D eigenvalue weighted by Gasteiger charge is -2.26. The maximum atomic E-state index is 14.5. The van der Waals surface area contributed by atoms with Crippen LogP contribution in [0.5, 0.6) is 0 Å². The highest BCUT2D eigenvalue weighted by Gasteiger charge is 2.45. The normalized spacial score (nSPS) is 13.1. The number of H-pyrrole nitrogens is 1. The predicted molar refractivity (Wildman–Crippen MR) is 125 cm³/mol. The summed E-state index contributed by atoms with van der Waals surface area (Å²) in [4.78, 5) is 28.0. The molecule has 1 unspecified atom stereocenters. The number of fused-ring (bicyclic) bond motifs is 1. The molecule has 0 radical (unpaired) electrons. The molecule has 4 rings (SSSR count). The number of carbonyl (C=O) groups excluding carboxylic acids is 1. The fourth-order valence-corrected chi connectivity index (χ4v) is 3.96. The minimum absolute atomic E-state index is 0.0430. The number of hydrogen-bond donors (Lipinski definition) is 3. The van der Waals surface area contributed by atoms with E-state index in [2.05, 4.69) is 10.1 Å². The van der Waals surface area contributed by atoms with Crippen LogP contribution in [-0.4, -0.2) is 38.1 Å². The van der Waals surface area contributed by atoms with Gasteiger partial charge in [0, 0.05) is 5.02 Å². The summed E-state index contributed by atoms with van der Waals surface area (Å²) in [7, 11) is 0. The zero-order valence-corrected chi connectivity index (χ0v) is 20.0. The van der Waals surface area contributed by atoms with E-state index in [1.807, 2.05) is 0 Å². The zero-order chi connectivity index (χ0) is 28.0. The summed E-state index contributed by atoms with van der Waals surface area (Å²) in [6.45, 7) is -0.115. The molecule has 0 saturated carbocycles. The molecule has 0 aliphatic carbocycles. The Morgan fingerprint density at radius 2 is 1.82 bits per heavy atom. The van der Waals surface area contributed by atoms with Crippen molar-refractivity contribution in [3.05, 3.63) is 92.2 Å². The van der Waals surface area contributed by atoms with Crippen LogP contribution in [0.2, 0.25) is 5.02 Å². The maximum absolute atomic E-state index is 14.5. The lowest BCUT2D eigenvalue weighted by Crippen LogP contribution is -2.43. The highest BCUT2D eigenvalue weighted by atomic mass is 35.5. The molecule has 0 aliphatic rings. The van der Waals surface area contributed by atoms with Crippen LogP contribution in [0.25, 0.3) is 16.8 Å². The van der Waals surface area contributed by atoms with E-state index in [0.29, 0.717) is 20.7 Å². The number of aromatic nitrogens is 3. The van der Waals surface area contributed by atoms with Gasteiger partial charge < -0.3 is 15.4 Å². The molecule has 0 aliphatic heterocycles. The number of benzene rings is 2. The Morgan fingerprint density at radius 3 is 2.39 bits per heavy atom. The summed E-state index contributed by atoms with van der Waals surface area (Å²) >= 11 is 5.99. The lowest BCUT2D eigenvalue weighted by molar-refractivity contribution is -0.136. The van der Waals surface area contributed by atoms with Gasteiger partial charge >= 0.3 is 6.18 Å². The van der Waals surface area contributed by atoms with Crippen molar-refractivity contribution in [1.29, 1.82) is 0 Å². The molecule has 0 fully saturated rings. The summed E-state index contributed by atoms with van der Waals surface area (Å²) in [6.07, 6.45) is -4.25. The van der Waals surface area contributed by atoms with E-state index >= 15 is 0 Å². The van der Waals surface area contributed by atoms with Crippen molar-refractivity contribution in [1.82, 2.24) is 19.9 Å². The average Bonchev–Trinajstić information content (AvgIpc) is 3.26. The number of carbonyl (C=O) groups is 1. The minimum Gasteiger partial charge on any atom is -0.390 e. The summed E-state index contributed by atoms with van der Waals surface area (Å²) in [5.74, 6) is -6.55. The van der Waals surface area contributed by atoms with E-state index in [-0.39, 0.29) is 5.69 Å². The molecule has 4 aromatic rings. The number of aryl methyl sites for hydroxylation is 1. The van der Waals surface area contributed by atoms with Crippen LogP contribution in [0.15, 0.2) is 53.5 Å². The van der Waals surface area contributed by atoms with Gasteiger partial charge in [0.15, 0.2) is 5.69 Å². The molecular weight excluding hydrogens is 542 g/mol. The van der Waals surface area contributed by atoms with Crippen LogP contribution in [0.3, 0.4) is 0 Å². The van der Waals surface area contributed by atoms with Gasteiger partial charge in [-0.25, -0.2) is 17.7 Å². The SMILES string of the molecule is Cc1cc(-c2cn3nc(C(=O)NC(c4ccc(F)cc4)C(F)(F)CO)c(C(F)(F)F)c3c(=O)[nH]2)ccc1Cl. The molecule has 0 saturated heterocycles. The number of alkyl halides is 5. The number of hydrogen-bond acceptors (Lipinski definition) is 4. The van der Waals surface area contributed by atoms with Crippen molar-refractivity contribution < 1.29 is 36.2 Å². The number of aromatic amines is 1. The quantitative estimate of drug-likeness (QED) is 0.293. The first-order valence-corrected chi connectivity index (χ1v) is 11.1. The highest BCUT2D eigenvalue weighted by molar-refractivity contribution is 6.31. The third kappa shape index (κ3) is 5.11. The molecule has 3 N–H and O–H groups in total. The Bertz CT molecular complexity index is 1580. The van der Waals surface area contributed by atoms with Gasteiger partial charge in [0.25, 0.3) is 17.4 Å². The van der Waals surface area contributed by atoms with Gasteiger partial charge in [-0.05, 0) is 47.9 Å². The molecule has 200 valence electrons. The van der Waals surface area contributed by atoms with E-state index in [1.165, 1.54) is 12.1 Å². The van der Waals surface area contributed by atoms with Crippen molar-refractivity contribution in [3.8, 4) is 11.3 Å². The van der Waals surface area contributed by atoms with E-state index < -0.39 is 64.4 Å². The maximum Gasteiger partial charge on any atom is 0.421 e. The predicted octanol–water partition coefficient (Wildman–Crippen LogP) is 4.91. The van der Waals surface area contributed by atoms with Gasteiger partial charge in [-0.1, -0.05) is 29.8 Å². The monoisotopic (exact) mass is 558 g/mol. The molecular formula is C24H17ClF6N4O3. The Hall–Kier alpha value is -3.84. The van der Waals surface area contributed by atoms with Crippen molar-refractivity contribution in [2.24, 2.45) is 0 Å². The number of halogens is 7. The summed E-state index contributed by atoms with van der Waals surface area (Å²) in [5.41, 5.74) is -4.75. The third-order valence-electron chi connectivity index (χ3n) is 5.70. The van der Waals surface area contributed by atoms with Crippen molar-refractivity contribution in [2.75, 3.05) is 6.61 Å². The second-order valence-electron chi connectivity index (χ2n) is 8.35. The molecule has 2 heterocycles. The Kier molecular flexibility index (Phi) is 7.01. The first kappa shape index (κ1) is 27.2. The van der Waals surface area contributed by atoms with E-state index in [9.17, 15) is 35.9 Å². The van der Waals surface area contributed by atoms with Crippen LogP contribution in [0, 0.1) is 12.7 Å². The van der Waals surface area contributed by atoms with Gasteiger partial charge in [-0.3, -0.25) is 9.59 Å². The van der Waals surface area contributed by atoms with Gasteiger partial charge in [0.1, 0.15) is 29.5 Å². The first-order chi connectivity index (χ1) is 17.7. The molecule has 2 aromatic heterocycles. The van der Waals surface area contributed by atoms with Crippen LogP contribution in [0.1, 0.15) is 33.2 Å². The molecule has 0 bridgehead atoms. The molecule has 7 nitrogen and oxygen atoms in total. The van der Waals surface area contributed by atoms with Gasteiger partial charge in [-0.15, -0.1) is 0 Å². The second-order valence-corrected chi connectivity index (χ2v) is 8.76. The van der Waals surface area contributed by atoms with E-state index in [0.717, 1.165) is 30.5 Å². The van der Waals surface area contributed by atoms with Gasteiger partial charge in [0.2, 0.25) is 0 Å². The smallest absolute Gasteiger partial charge is 0.390 e. The number of nitrogens with one attached hydrogen (secondary N) is 2. The average molecular weight is 559 g/mol. The largest absolute Gasteiger partial charge is 0.421 e. The van der Waals surface area contributed by atoms with Gasteiger partial charge in [0.05, 0.1) is 11.9 Å². The van der Waals surface area contributed by atoms with Crippen LogP contribution in [0.4, 0.5) is 26.3 Å². The number of rotatable bonds is 6. The standard InChI is InChI=1S/C24H17ClF6N4O3/c1-11-8-13(4-7-15(11)25)16-9-35-19(22(38)32-16)17(24(29,30)31)18(34-35)21(37)33-20(23(27,28)10-36)12-2-5-14(26)6-3-12/h2-9,20,36H,10H2,1H3,(H,32,38)(H,33,37). The Morgan fingerprint density at radius 1 is 1.16 bits per heavy atom. The van der Waals surface area contributed by atoms with Crippen molar-refractivity contribution in [2.45, 2.75) is 25.1 Å². The molecule has 14 heteroatoms. The molecule has 2 aromatic carbocycles. The van der Waals surface area contributed by atoms with Crippen LogP contribution >= 0.6 is 11.6 Å². The number of aliphatic hydroxyl groups is 1. The van der Waals surface area contributed by atoms with Crippen LogP contribution in [-0.2, 0) is 6.18 Å². The molecule has 1 amide bonds. The summed E-state index contributed by atoms with van der Waals surface area (Å²) in [5, 5.41) is 14.9. The fraction of sp³-hybridized carbons (Fsp3) is 0.208. The minimum atomic E-state index is -5.29. The van der Waals surface area contributed by atoms with Crippen molar-refractivity contribution >= 4 is 23.0 Å². The topological polar surface area (TPSA) is 99.5 Å². The van der Waals surface area contributed by atoms with E-state index in [4.69, 9.17) is 16.7 Å². The molecule has 1 atom stereocenters. The fourth-order valence-electron chi connectivity index (χ4n) is 3.85.